The van der Waals surface area contributed by atoms with E-state index >= 15 is 0 Å². The van der Waals surface area contributed by atoms with E-state index in [1.807, 2.05) is 4.72 Å². The lowest BCUT2D eigenvalue weighted by Crippen LogP contribution is -2.27. The van der Waals surface area contributed by atoms with Gasteiger partial charge in [-0.3, -0.25) is 9.52 Å². The standard InChI is InChI=1S/C15H12F2N2O6S2/c1-26(21,22)9-5-12-15(25-7-14(20)18-12)13(6-9)27(23,24)19-8-2-3-10(16)11(17)4-8/h2-6,19H,7H2,1H3,(H,18,20). The molecule has 27 heavy (non-hydrogen) atoms. The van der Waals surface area contributed by atoms with Gasteiger partial charge in [0.15, 0.2) is 33.8 Å². The van der Waals surface area contributed by atoms with Crippen molar-refractivity contribution in [2.24, 2.45) is 0 Å². The molecule has 1 aliphatic rings. The van der Waals surface area contributed by atoms with Gasteiger partial charge in [-0.2, -0.15) is 0 Å². The fourth-order valence-electron chi connectivity index (χ4n) is 2.33. The first-order valence-corrected chi connectivity index (χ1v) is 10.6. The predicted octanol–water partition coefficient (Wildman–Crippen LogP) is 1.50. The number of hydrogen-bond donors (Lipinski definition) is 2. The van der Waals surface area contributed by atoms with Crippen molar-refractivity contribution in [1.29, 1.82) is 0 Å². The Morgan fingerprint density at radius 2 is 1.78 bits per heavy atom. The van der Waals surface area contributed by atoms with Crippen molar-refractivity contribution >= 4 is 37.1 Å². The van der Waals surface area contributed by atoms with Gasteiger partial charge in [0.2, 0.25) is 0 Å². The summed E-state index contributed by atoms with van der Waals surface area (Å²) >= 11 is 0. The second-order valence-corrected chi connectivity index (χ2v) is 9.31. The molecule has 2 N–H and O–H groups in total. The molecule has 1 amide bonds. The average Bonchev–Trinajstić information content (AvgIpc) is 2.55. The first-order valence-electron chi connectivity index (χ1n) is 7.26. The summed E-state index contributed by atoms with van der Waals surface area (Å²) in [6.45, 7) is -0.473. The molecular weight excluding hydrogens is 406 g/mol. The van der Waals surface area contributed by atoms with Crippen LogP contribution >= 0.6 is 0 Å². The minimum atomic E-state index is -4.46. The lowest BCUT2D eigenvalue weighted by atomic mass is 10.2. The number of carbonyl (C=O) groups is 1. The van der Waals surface area contributed by atoms with Crippen LogP contribution in [-0.4, -0.2) is 35.6 Å². The van der Waals surface area contributed by atoms with Crippen LogP contribution in [0.15, 0.2) is 40.1 Å². The summed E-state index contributed by atoms with van der Waals surface area (Å²) in [6.07, 6.45) is 0.861. The van der Waals surface area contributed by atoms with Crippen LogP contribution in [0, 0.1) is 11.6 Å². The Balaban J connectivity index is 2.14. The second kappa shape index (κ2) is 6.46. The van der Waals surface area contributed by atoms with Gasteiger partial charge in [0, 0.05) is 12.3 Å². The zero-order valence-corrected chi connectivity index (χ0v) is 15.2. The Hall–Kier alpha value is -2.73. The second-order valence-electron chi connectivity index (χ2n) is 5.64. The molecule has 8 nitrogen and oxygen atoms in total. The van der Waals surface area contributed by atoms with E-state index in [4.69, 9.17) is 4.74 Å². The third-order valence-electron chi connectivity index (χ3n) is 3.54. The van der Waals surface area contributed by atoms with Gasteiger partial charge in [-0.25, -0.2) is 25.6 Å². The monoisotopic (exact) mass is 418 g/mol. The van der Waals surface area contributed by atoms with Gasteiger partial charge in [0.1, 0.15) is 4.90 Å². The van der Waals surface area contributed by atoms with E-state index in [0.29, 0.717) is 6.07 Å². The van der Waals surface area contributed by atoms with Crippen molar-refractivity contribution in [3.05, 3.63) is 42.0 Å². The zero-order chi connectivity index (χ0) is 20.0. The summed E-state index contributed by atoms with van der Waals surface area (Å²) in [6, 6.07) is 4.27. The first-order chi connectivity index (χ1) is 12.5. The van der Waals surface area contributed by atoms with Gasteiger partial charge >= 0.3 is 0 Å². The van der Waals surface area contributed by atoms with Gasteiger partial charge < -0.3 is 10.1 Å². The first kappa shape index (κ1) is 19.0. The van der Waals surface area contributed by atoms with E-state index in [9.17, 15) is 30.4 Å². The van der Waals surface area contributed by atoms with Crippen LogP contribution in [0.1, 0.15) is 0 Å². The quantitative estimate of drug-likeness (QED) is 0.777. The molecule has 2 aromatic rings. The number of amides is 1. The molecule has 0 radical (unpaired) electrons. The van der Waals surface area contributed by atoms with Crippen molar-refractivity contribution in [2.45, 2.75) is 9.79 Å². The van der Waals surface area contributed by atoms with E-state index < -0.39 is 48.9 Å². The molecule has 1 heterocycles. The van der Waals surface area contributed by atoms with Gasteiger partial charge in [0.25, 0.3) is 15.9 Å². The van der Waals surface area contributed by atoms with Crippen LogP contribution < -0.4 is 14.8 Å². The minimum absolute atomic E-state index is 0.139. The summed E-state index contributed by atoms with van der Waals surface area (Å²) < 4.78 is 82.7. The summed E-state index contributed by atoms with van der Waals surface area (Å²) in [7, 11) is -8.29. The highest BCUT2D eigenvalue weighted by Crippen LogP contribution is 2.38. The molecule has 0 saturated heterocycles. The number of carbonyl (C=O) groups excluding carboxylic acids is 1. The highest BCUT2D eigenvalue weighted by Gasteiger charge is 2.29. The maximum Gasteiger partial charge on any atom is 0.265 e. The molecule has 0 aliphatic carbocycles. The van der Waals surface area contributed by atoms with E-state index in [-0.39, 0.29) is 22.0 Å². The van der Waals surface area contributed by atoms with Crippen molar-refractivity contribution in [1.82, 2.24) is 0 Å². The van der Waals surface area contributed by atoms with Crippen molar-refractivity contribution in [2.75, 3.05) is 22.9 Å². The maximum atomic E-state index is 13.3. The Morgan fingerprint density at radius 1 is 1.07 bits per heavy atom. The van der Waals surface area contributed by atoms with Crippen LogP contribution in [0.2, 0.25) is 0 Å². The molecule has 0 bridgehead atoms. The molecule has 12 heteroatoms. The predicted molar refractivity (Wildman–Crippen MR) is 90.8 cm³/mol. The molecule has 1 aliphatic heterocycles. The number of fused-ring (bicyclic) bond motifs is 1. The number of anilines is 2. The number of hydrogen-bond acceptors (Lipinski definition) is 6. The Bertz CT molecular complexity index is 1160. The Kier molecular flexibility index (Phi) is 4.56. The third kappa shape index (κ3) is 3.85. The third-order valence-corrected chi connectivity index (χ3v) is 6.02. The fourth-order valence-corrected chi connectivity index (χ4v) is 4.31. The van der Waals surface area contributed by atoms with E-state index in [0.717, 1.165) is 30.5 Å². The van der Waals surface area contributed by atoms with E-state index in [1.54, 1.807) is 0 Å². The number of benzene rings is 2. The molecule has 2 aromatic carbocycles. The molecule has 144 valence electrons. The largest absolute Gasteiger partial charge is 0.480 e. The maximum absolute atomic E-state index is 13.3. The molecule has 0 fully saturated rings. The molecule has 0 atom stereocenters. The number of rotatable bonds is 4. The number of nitrogens with one attached hydrogen (secondary N) is 2. The zero-order valence-electron chi connectivity index (χ0n) is 13.6. The summed E-state index contributed by atoms with van der Waals surface area (Å²) in [5.74, 6) is -3.30. The molecular formula is C15H12F2N2O6S2. The SMILES string of the molecule is CS(=O)(=O)c1cc2c(c(S(=O)(=O)Nc3ccc(F)c(F)c3)c1)OCC(=O)N2. The number of halogens is 2. The lowest BCUT2D eigenvalue weighted by Gasteiger charge is -2.22. The topological polar surface area (TPSA) is 119 Å². The van der Waals surface area contributed by atoms with Crippen LogP contribution in [0.3, 0.4) is 0 Å². The van der Waals surface area contributed by atoms with Crippen molar-refractivity contribution in [3.63, 3.8) is 0 Å². The van der Waals surface area contributed by atoms with Crippen LogP contribution in [0.25, 0.3) is 0 Å². The summed E-state index contributed by atoms with van der Waals surface area (Å²) in [4.78, 5) is 10.5. The molecule has 0 saturated carbocycles. The number of ether oxygens (including phenoxy) is 1. The molecule has 0 unspecified atom stereocenters. The van der Waals surface area contributed by atoms with Crippen molar-refractivity contribution in [3.8, 4) is 5.75 Å². The molecule has 0 aromatic heterocycles. The summed E-state index contributed by atoms with van der Waals surface area (Å²) in [5, 5.41) is 2.34. The molecule has 3 rings (SSSR count). The average molecular weight is 418 g/mol. The van der Waals surface area contributed by atoms with Gasteiger partial charge in [-0.1, -0.05) is 0 Å². The fraction of sp³-hybridized carbons (Fsp3) is 0.133. The van der Waals surface area contributed by atoms with Gasteiger partial charge in [-0.05, 0) is 24.3 Å². The highest BCUT2D eigenvalue weighted by molar-refractivity contribution is 7.93. The Morgan fingerprint density at radius 3 is 2.41 bits per heavy atom. The minimum Gasteiger partial charge on any atom is -0.480 e. The highest BCUT2D eigenvalue weighted by atomic mass is 32.2. The summed E-state index contributed by atoms with van der Waals surface area (Å²) in [5.41, 5.74) is -0.424. The lowest BCUT2D eigenvalue weighted by molar-refractivity contribution is -0.118. The van der Waals surface area contributed by atoms with Gasteiger partial charge in [-0.15, -0.1) is 0 Å². The van der Waals surface area contributed by atoms with E-state index in [1.165, 1.54) is 0 Å². The van der Waals surface area contributed by atoms with Gasteiger partial charge in [0.05, 0.1) is 16.3 Å². The van der Waals surface area contributed by atoms with Crippen LogP contribution in [0.4, 0.5) is 20.2 Å². The van der Waals surface area contributed by atoms with Crippen molar-refractivity contribution < 1.29 is 35.1 Å². The number of sulfone groups is 1. The normalized spacial score (nSPS) is 14.1. The van der Waals surface area contributed by atoms with Crippen LogP contribution in [0.5, 0.6) is 5.75 Å². The smallest absolute Gasteiger partial charge is 0.265 e. The molecule has 0 spiro atoms. The van der Waals surface area contributed by atoms with E-state index in [2.05, 4.69) is 5.32 Å². The Labute approximate surface area is 153 Å². The number of sulfonamides is 1. The van der Waals surface area contributed by atoms with Crippen LogP contribution in [-0.2, 0) is 24.7 Å².